The number of carbonyl (C=O) groups is 1. The van der Waals surface area contributed by atoms with Gasteiger partial charge in [-0.15, -0.1) is 0 Å². The van der Waals surface area contributed by atoms with Crippen LogP contribution in [-0.2, 0) is 11.2 Å². The summed E-state index contributed by atoms with van der Waals surface area (Å²) in [6.07, 6.45) is 0.804. The zero-order chi connectivity index (χ0) is 17.6. The van der Waals surface area contributed by atoms with E-state index in [9.17, 15) is 9.90 Å². The third-order valence-corrected chi connectivity index (χ3v) is 5.14. The number of rotatable bonds is 3. The number of para-hydroxylation sites is 1. The molecule has 2 aromatic rings. The maximum absolute atomic E-state index is 13.2. The molecule has 132 valence electrons. The summed E-state index contributed by atoms with van der Waals surface area (Å²) in [6, 6.07) is 7.53. The van der Waals surface area contributed by atoms with Gasteiger partial charge in [0.15, 0.2) is 5.82 Å². The van der Waals surface area contributed by atoms with Gasteiger partial charge in [-0.2, -0.15) is 4.98 Å². The Bertz CT molecular complexity index is 790. The van der Waals surface area contributed by atoms with Crippen LogP contribution in [0.4, 0.5) is 5.69 Å². The monoisotopic (exact) mass is 342 g/mol. The largest absolute Gasteiger partial charge is 0.391 e. The average molecular weight is 342 g/mol. The topological polar surface area (TPSA) is 82.7 Å². The fraction of sp³-hybridized carbons (Fsp3) is 0.500. The lowest BCUT2D eigenvalue weighted by Gasteiger charge is -2.31. The second kappa shape index (κ2) is 6.15. The smallest absolute Gasteiger partial charge is 0.249 e. The van der Waals surface area contributed by atoms with Crippen molar-refractivity contribution in [3.63, 3.8) is 0 Å². The summed E-state index contributed by atoms with van der Waals surface area (Å²) >= 11 is 0. The molecule has 25 heavy (non-hydrogen) atoms. The fourth-order valence-electron chi connectivity index (χ4n) is 3.88. The number of aryl methyl sites for hydroxylation is 1. The van der Waals surface area contributed by atoms with Crippen molar-refractivity contribution in [3.8, 4) is 0 Å². The second-order valence-corrected chi connectivity index (χ2v) is 6.82. The molecular weight excluding hydrogens is 320 g/mol. The average Bonchev–Trinajstić information content (AvgIpc) is 3.31. The van der Waals surface area contributed by atoms with Crippen LogP contribution in [-0.4, -0.2) is 51.3 Å². The van der Waals surface area contributed by atoms with Crippen molar-refractivity contribution >= 4 is 11.6 Å². The van der Waals surface area contributed by atoms with E-state index in [0.29, 0.717) is 24.7 Å². The number of anilines is 1. The third-order valence-electron chi connectivity index (χ3n) is 5.14. The maximum Gasteiger partial charge on any atom is 0.249 e. The maximum atomic E-state index is 13.2. The number of fused-ring (bicyclic) bond motifs is 1. The standard InChI is InChI=1S/C18H22N4O3/c1-11(21-8-7-13-5-3-4-6-15(13)21)18(24)22-10-14(23)9-16(22)17-19-12(2)20-25-17/h3-6,11,14,16,23H,7-10H2,1-2H3/t11-,14+,16-/m1/s1. The van der Waals surface area contributed by atoms with Crippen molar-refractivity contribution in [2.45, 2.75) is 44.9 Å². The van der Waals surface area contributed by atoms with E-state index in [0.717, 1.165) is 18.7 Å². The molecule has 7 heteroatoms. The minimum absolute atomic E-state index is 0.0193. The summed E-state index contributed by atoms with van der Waals surface area (Å²) in [4.78, 5) is 21.2. The van der Waals surface area contributed by atoms with Crippen LogP contribution in [0.2, 0.25) is 0 Å². The van der Waals surface area contributed by atoms with Gasteiger partial charge in [0.2, 0.25) is 11.8 Å². The quantitative estimate of drug-likeness (QED) is 0.909. The Morgan fingerprint density at radius 2 is 2.20 bits per heavy atom. The number of aromatic nitrogens is 2. The van der Waals surface area contributed by atoms with Crippen LogP contribution < -0.4 is 4.90 Å². The first kappa shape index (κ1) is 16.1. The number of likely N-dealkylation sites (tertiary alicyclic amines) is 1. The summed E-state index contributed by atoms with van der Waals surface area (Å²) in [5, 5.41) is 13.9. The van der Waals surface area contributed by atoms with Gasteiger partial charge in [-0.3, -0.25) is 4.79 Å². The van der Waals surface area contributed by atoms with Gasteiger partial charge in [-0.1, -0.05) is 23.4 Å². The van der Waals surface area contributed by atoms with E-state index in [1.54, 1.807) is 11.8 Å². The Hall–Kier alpha value is -2.41. The molecule has 1 amide bonds. The third kappa shape index (κ3) is 2.78. The molecule has 0 aliphatic carbocycles. The van der Waals surface area contributed by atoms with Gasteiger partial charge in [-0.05, 0) is 31.9 Å². The van der Waals surface area contributed by atoms with Gasteiger partial charge in [-0.25, -0.2) is 0 Å². The highest BCUT2D eigenvalue weighted by Gasteiger charge is 2.41. The minimum Gasteiger partial charge on any atom is -0.391 e. The van der Waals surface area contributed by atoms with Crippen molar-refractivity contribution in [1.82, 2.24) is 15.0 Å². The summed E-state index contributed by atoms with van der Waals surface area (Å²) in [7, 11) is 0. The molecule has 0 radical (unpaired) electrons. The van der Waals surface area contributed by atoms with Gasteiger partial charge in [0.05, 0.1) is 6.10 Å². The van der Waals surface area contributed by atoms with Crippen molar-refractivity contribution in [3.05, 3.63) is 41.5 Å². The van der Waals surface area contributed by atoms with E-state index < -0.39 is 6.10 Å². The van der Waals surface area contributed by atoms with Gasteiger partial charge >= 0.3 is 0 Å². The lowest BCUT2D eigenvalue weighted by atomic mass is 10.1. The number of carbonyl (C=O) groups excluding carboxylic acids is 1. The van der Waals surface area contributed by atoms with E-state index in [4.69, 9.17) is 4.52 Å². The predicted octanol–water partition coefficient (Wildman–Crippen LogP) is 1.46. The molecule has 1 fully saturated rings. The van der Waals surface area contributed by atoms with Crippen LogP contribution in [0, 0.1) is 6.92 Å². The van der Waals surface area contributed by atoms with Crippen LogP contribution in [0.25, 0.3) is 0 Å². The van der Waals surface area contributed by atoms with Crippen molar-refractivity contribution in [2.75, 3.05) is 18.0 Å². The van der Waals surface area contributed by atoms with Gasteiger partial charge in [0.25, 0.3) is 0 Å². The Balaban J connectivity index is 1.57. The van der Waals surface area contributed by atoms with Crippen molar-refractivity contribution in [1.29, 1.82) is 0 Å². The zero-order valence-electron chi connectivity index (χ0n) is 14.4. The van der Waals surface area contributed by atoms with E-state index >= 15 is 0 Å². The number of amides is 1. The first-order chi connectivity index (χ1) is 12.0. The number of aliphatic hydroxyl groups is 1. The Morgan fingerprint density at radius 3 is 2.96 bits per heavy atom. The van der Waals surface area contributed by atoms with Crippen LogP contribution in [0.15, 0.2) is 28.8 Å². The number of aliphatic hydroxyl groups excluding tert-OH is 1. The molecule has 4 rings (SSSR count). The molecule has 1 N–H and O–H groups in total. The van der Waals surface area contributed by atoms with Gasteiger partial charge in [0, 0.05) is 25.2 Å². The summed E-state index contributed by atoms with van der Waals surface area (Å²) in [5.74, 6) is 0.913. The molecule has 1 aromatic heterocycles. The van der Waals surface area contributed by atoms with E-state index in [1.807, 2.05) is 19.1 Å². The molecule has 3 heterocycles. The van der Waals surface area contributed by atoms with Gasteiger partial charge < -0.3 is 19.4 Å². The number of β-amino-alcohol motifs (C(OH)–C–C–N with tert-alkyl or cyclic N) is 1. The van der Waals surface area contributed by atoms with E-state index in [1.165, 1.54) is 5.56 Å². The minimum atomic E-state index is -0.570. The first-order valence-electron chi connectivity index (χ1n) is 8.68. The first-order valence-corrected chi connectivity index (χ1v) is 8.68. The summed E-state index contributed by atoms with van der Waals surface area (Å²) < 4.78 is 5.26. The Labute approximate surface area is 146 Å². The van der Waals surface area contributed by atoms with E-state index in [-0.39, 0.29) is 18.0 Å². The molecule has 3 atom stereocenters. The highest BCUT2D eigenvalue weighted by molar-refractivity contribution is 5.86. The molecule has 0 spiro atoms. The number of benzene rings is 1. The highest BCUT2D eigenvalue weighted by Crippen LogP contribution is 2.34. The van der Waals surface area contributed by atoms with Crippen LogP contribution in [0.5, 0.6) is 0 Å². The molecule has 0 unspecified atom stereocenters. The number of hydrogen-bond donors (Lipinski definition) is 1. The molecule has 0 saturated carbocycles. The predicted molar refractivity (Wildman–Crippen MR) is 91.1 cm³/mol. The zero-order valence-corrected chi connectivity index (χ0v) is 14.4. The molecule has 1 saturated heterocycles. The van der Waals surface area contributed by atoms with Crippen LogP contribution in [0.1, 0.15) is 36.7 Å². The molecular formula is C18H22N4O3. The highest BCUT2D eigenvalue weighted by atomic mass is 16.5. The normalized spacial score (nSPS) is 23.8. The SMILES string of the molecule is Cc1noc([C@H]2C[C@H](O)CN2C(=O)[C@@H](C)N2CCc3ccccc32)n1. The lowest BCUT2D eigenvalue weighted by molar-refractivity contribution is -0.134. The molecule has 7 nitrogen and oxygen atoms in total. The lowest BCUT2D eigenvalue weighted by Crippen LogP contribution is -2.47. The summed E-state index contributed by atoms with van der Waals surface area (Å²) in [5.41, 5.74) is 2.39. The second-order valence-electron chi connectivity index (χ2n) is 6.82. The number of hydrogen-bond acceptors (Lipinski definition) is 6. The Morgan fingerprint density at radius 1 is 1.40 bits per heavy atom. The van der Waals surface area contributed by atoms with Crippen molar-refractivity contribution < 1.29 is 14.4 Å². The molecule has 1 aromatic carbocycles. The molecule has 2 aliphatic rings. The van der Waals surface area contributed by atoms with E-state index in [2.05, 4.69) is 27.2 Å². The molecule has 2 aliphatic heterocycles. The molecule has 0 bridgehead atoms. The fourth-order valence-corrected chi connectivity index (χ4v) is 3.88. The van der Waals surface area contributed by atoms with Crippen LogP contribution >= 0.6 is 0 Å². The number of nitrogens with zero attached hydrogens (tertiary/aromatic N) is 4. The van der Waals surface area contributed by atoms with Gasteiger partial charge in [0.1, 0.15) is 12.1 Å². The Kier molecular flexibility index (Phi) is 3.95. The van der Waals surface area contributed by atoms with Crippen LogP contribution in [0.3, 0.4) is 0 Å². The summed E-state index contributed by atoms with van der Waals surface area (Å²) in [6.45, 7) is 4.79. The van der Waals surface area contributed by atoms with Crippen molar-refractivity contribution in [2.24, 2.45) is 0 Å².